The van der Waals surface area contributed by atoms with Crippen LogP contribution in [-0.2, 0) is 6.42 Å². The quantitative estimate of drug-likeness (QED) is 0.0350. The molecule has 0 saturated carbocycles. The zero-order chi connectivity index (χ0) is 30.9. The SMILES string of the molecule is C[C@H](NCCCN=C(N)N)c1ccc(-n2cc3cc(-c4cc(CCC[C@@H](N)CN=[N+]=[N-])cc(Cl)c4F)[nH]c3nc2=O)cc1. The van der Waals surface area contributed by atoms with E-state index in [1.807, 2.05) is 24.3 Å². The van der Waals surface area contributed by atoms with Gasteiger partial charge in [0.25, 0.3) is 0 Å². The van der Waals surface area contributed by atoms with Gasteiger partial charge in [-0.05, 0) is 86.1 Å². The van der Waals surface area contributed by atoms with E-state index >= 15 is 4.39 Å². The van der Waals surface area contributed by atoms with Crippen molar-refractivity contribution < 1.29 is 4.39 Å². The van der Waals surface area contributed by atoms with Crippen LogP contribution in [-0.4, -0.2) is 46.2 Å². The summed E-state index contributed by atoms with van der Waals surface area (Å²) in [4.78, 5) is 26.9. The molecule has 12 nitrogen and oxygen atoms in total. The predicted molar refractivity (Wildman–Crippen MR) is 169 cm³/mol. The predicted octanol–water partition coefficient (Wildman–Crippen LogP) is 4.45. The third-order valence-electron chi connectivity index (χ3n) is 7.06. The fourth-order valence-corrected chi connectivity index (χ4v) is 5.00. The zero-order valence-electron chi connectivity index (χ0n) is 23.8. The van der Waals surface area contributed by atoms with Crippen LogP contribution in [0.15, 0.2) is 63.6 Å². The summed E-state index contributed by atoms with van der Waals surface area (Å²) >= 11 is 6.24. The van der Waals surface area contributed by atoms with Crippen LogP contribution in [0.5, 0.6) is 0 Å². The molecule has 2 atom stereocenters. The monoisotopic (exact) mass is 607 g/mol. The second-order valence-corrected chi connectivity index (χ2v) is 10.7. The first-order valence-electron chi connectivity index (χ1n) is 13.9. The highest BCUT2D eigenvalue weighted by Crippen LogP contribution is 2.31. The molecule has 0 amide bonds. The van der Waals surface area contributed by atoms with Crippen LogP contribution in [0.25, 0.3) is 38.4 Å². The average molecular weight is 608 g/mol. The number of guanidine groups is 1. The van der Waals surface area contributed by atoms with E-state index in [0.29, 0.717) is 48.2 Å². The van der Waals surface area contributed by atoms with Gasteiger partial charge in [0.05, 0.1) is 16.4 Å². The second-order valence-electron chi connectivity index (χ2n) is 10.3. The maximum absolute atomic E-state index is 15.1. The largest absolute Gasteiger partial charge is 0.370 e. The molecule has 0 spiro atoms. The van der Waals surface area contributed by atoms with Crippen molar-refractivity contribution in [3.63, 3.8) is 0 Å². The number of nitrogens with zero attached hydrogens (tertiary/aromatic N) is 6. The molecule has 0 aliphatic heterocycles. The minimum atomic E-state index is -0.568. The molecule has 0 radical (unpaired) electrons. The topological polar surface area (TPSA) is 202 Å². The van der Waals surface area contributed by atoms with E-state index in [2.05, 4.69) is 37.2 Å². The number of nitrogens with one attached hydrogen (secondary N) is 2. The van der Waals surface area contributed by atoms with Crippen LogP contribution < -0.4 is 28.2 Å². The highest BCUT2D eigenvalue weighted by molar-refractivity contribution is 6.31. The highest BCUT2D eigenvalue weighted by atomic mass is 35.5. The Balaban J connectivity index is 1.50. The molecular formula is C29H35ClFN11O. The first kappa shape index (κ1) is 31.5. The van der Waals surface area contributed by atoms with Gasteiger partial charge in [-0.15, -0.1) is 0 Å². The first-order valence-corrected chi connectivity index (χ1v) is 14.3. The number of aliphatic imine (C=N–C) groups is 1. The molecule has 226 valence electrons. The van der Waals surface area contributed by atoms with E-state index in [1.54, 1.807) is 24.4 Å². The lowest BCUT2D eigenvalue weighted by molar-refractivity contribution is 0.562. The molecule has 4 aromatic rings. The minimum Gasteiger partial charge on any atom is -0.370 e. The van der Waals surface area contributed by atoms with Crippen molar-refractivity contribution >= 4 is 28.6 Å². The third kappa shape index (κ3) is 8.33. The Labute approximate surface area is 252 Å². The van der Waals surface area contributed by atoms with E-state index in [-0.39, 0.29) is 35.2 Å². The maximum Gasteiger partial charge on any atom is 0.354 e. The van der Waals surface area contributed by atoms with Gasteiger partial charge in [-0.1, -0.05) is 28.8 Å². The van der Waals surface area contributed by atoms with Crippen LogP contribution in [0.4, 0.5) is 4.39 Å². The number of aryl methyl sites for hydroxylation is 1. The summed E-state index contributed by atoms with van der Waals surface area (Å²) in [5.74, 6) is -0.483. The Kier molecular flexibility index (Phi) is 10.7. The standard InChI is InChI=1S/C29H35ClFN11O/c1-17(36-10-3-11-37-28(33)34)19-6-8-22(9-7-19)42-16-20-14-25(39-27(20)40-29(42)43)23-12-18(13-24(30)26(23)31)4-2-5-21(32)15-38-41-35/h6-9,12-14,16-17,21,36H,2-5,10-11,15,32H2,1H3,(H4,33,34,37)(H,39,40,43)/t17-,21+/m0/s1. The fraction of sp³-hybridized carbons (Fsp3) is 0.345. The Morgan fingerprint density at radius 1 is 1.23 bits per heavy atom. The van der Waals surface area contributed by atoms with Gasteiger partial charge in [0.15, 0.2) is 11.8 Å². The Hall–Kier alpha value is -4.42. The Bertz CT molecular complexity index is 1690. The van der Waals surface area contributed by atoms with E-state index in [4.69, 9.17) is 34.3 Å². The lowest BCUT2D eigenvalue weighted by Crippen LogP contribution is -2.24. The lowest BCUT2D eigenvalue weighted by atomic mass is 10.0. The molecule has 8 N–H and O–H groups in total. The molecule has 0 unspecified atom stereocenters. The van der Waals surface area contributed by atoms with Gasteiger partial charge in [0, 0.05) is 47.2 Å². The summed E-state index contributed by atoms with van der Waals surface area (Å²) in [6, 6.07) is 12.5. The van der Waals surface area contributed by atoms with Gasteiger partial charge in [0.2, 0.25) is 0 Å². The molecule has 0 fully saturated rings. The van der Waals surface area contributed by atoms with Crippen molar-refractivity contribution in [3.8, 4) is 16.9 Å². The van der Waals surface area contributed by atoms with E-state index in [0.717, 1.165) is 24.1 Å². The van der Waals surface area contributed by atoms with E-state index < -0.39 is 11.5 Å². The molecule has 14 heteroatoms. The molecule has 2 aromatic carbocycles. The van der Waals surface area contributed by atoms with Crippen LogP contribution in [0.1, 0.15) is 43.4 Å². The number of nitrogens with two attached hydrogens (primary N) is 3. The summed E-state index contributed by atoms with van der Waals surface area (Å²) in [5.41, 5.74) is 28.3. The molecule has 2 aromatic heterocycles. The summed E-state index contributed by atoms with van der Waals surface area (Å²) in [5, 5.41) is 7.56. The number of aromatic nitrogens is 3. The van der Waals surface area contributed by atoms with Crippen molar-refractivity contribution in [1.29, 1.82) is 0 Å². The third-order valence-corrected chi connectivity index (χ3v) is 7.33. The number of hydrogen-bond acceptors (Lipinski definition) is 6. The molecule has 43 heavy (non-hydrogen) atoms. The van der Waals surface area contributed by atoms with Gasteiger partial charge < -0.3 is 27.5 Å². The maximum atomic E-state index is 15.1. The smallest absolute Gasteiger partial charge is 0.354 e. The van der Waals surface area contributed by atoms with Crippen molar-refractivity contribution in [3.05, 3.63) is 91.6 Å². The summed E-state index contributed by atoms with van der Waals surface area (Å²) in [6.45, 7) is 3.58. The number of H-pyrrole nitrogens is 1. The Morgan fingerprint density at radius 2 is 2.00 bits per heavy atom. The zero-order valence-corrected chi connectivity index (χ0v) is 24.6. The molecule has 4 rings (SSSR count). The number of halogens is 2. The first-order chi connectivity index (χ1) is 20.7. The van der Waals surface area contributed by atoms with Crippen LogP contribution in [0.3, 0.4) is 0 Å². The second kappa shape index (κ2) is 14.7. The van der Waals surface area contributed by atoms with E-state index in [9.17, 15) is 4.79 Å². The molecule has 0 saturated heterocycles. The van der Waals surface area contributed by atoms with Gasteiger partial charge in [-0.3, -0.25) is 9.56 Å². The molecule has 0 aliphatic rings. The van der Waals surface area contributed by atoms with Crippen molar-refractivity contribution in [1.82, 2.24) is 19.9 Å². The van der Waals surface area contributed by atoms with Gasteiger partial charge in [0.1, 0.15) is 5.65 Å². The van der Waals surface area contributed by atoms with Crippen molar-refractivity contribution in [2.45, 2.75) is 44.7 Å². The van der Waals surface area contributed by atoms with Crippen LogP contribution in [0, 0.1) is 5.82 Å². The normalized spacial score (nSPS) is 12.6. The highest BCUT2D eigenvalue weighted by Gasteiger charge is 2.16. The van der Waals surface area contributed by atoms with Crippen molar-refractivity contribution in [2.24, 2.45) is 27.3 Å². The number of aromatic amines is 1. The van der Waals surface area contributed by atoms with Gasteiger partial charge in [-0.2, -0.15) is 4.98 Å². The van der Waals surface area contributed by atoms with Gasteiger partial charge >= 0.3 is 5.69 Å². The molecule has 2 heterocycles. The van der Waals surface area contributed by atoms with Gasteiger partial charge in [-0.25, -0.2) is 9.18 Å². The Morgan fingerprint density at radius 3 is 2.72 bits per heavy atom. The average Bonchev–Trinajstić information content (AvgIpc) is 3.39. The minimum absolute atomic E-state index is 0.00496. The lowest BCUT2D eigenvalue weighted by Gasteiger charge is -2.15. The molecule has 0 aliphatic carbocycles. The molecule has 0 bridgehead atoms. The number of benzene rings is 2. The summed E-state index contributed by atoms with van der Waals surface area (Å²) < 4.78 is 16.6. The number of hydrogen-bond donors (Lipinski definition) is 5. The van der Waals surface area contributed by atoms with E-state index in [1.165, 1.54) is 4.57 Å². The summed E-state index contributed by atoms with van der Waals surface area (Å²) in [6.07, 6.45) is 4.45. The van der Waals surface area contributed by atoms with Crippen LogP contribution in [0.2, 0.25) is 5.02 Å². The number of fused-ring (bicyclic) bond motifs is 1. The van der Waals surface area contributed by atoms with Crippen molar-refractivity contribution in [2.75, 3.05) is 19.6 Å². The fourth-order valence-electron chi connectivity index (χ4n) is 4.76. The summed E-state index contributed by atoms with van der Waals surface area (Å²) in [7, 11) is 0. The number of azide groups is 1. The molecular weight excluding hydrogens is 573 g/mol. The number of rotatable bonds is 14. The van der Waals surface area contributed by atoms with Crippen LogP contribution >= 0.6 is 11.6 Å².